The molecule has 0 aliphatic carbocycles. The van der Waals surface area contributed by atoms with E-state index in [0.717, 1.165) is 57.8 Å². The topological polar surface area (TPSA) is 111 Å². The normalized spacial score (nSPS) is 13.7. The van der Waals surface area contributed by atoms with E-state index in [1.807, 2.05) is 33.3 Å². The van der Waals surface area contributed by atoms with Crippen molar-refractivity contribution in [1.82, 2.24) is 5.32 Å². The third kappa shape index (κ3) is 57.0. The minimum Gasteiger partial charge on any atom is -0.456 e. The lowest BCUT2D eigenvalue weighted by atomic mass is 10.0. The molecule has 0 aliphatic rings. The average molecular weight is 1080 g/mol. The Hall–Kier alpha value is -1.51. The van der Waals surface area contributed by atoms with Crippen LogP contribution in [0.1, 0.15) is 329 Å². The Morgan fingerprint density at radius 1 is 0.453 bits per heavy atom. The van der Waals surface area contributed by atoms with Gasteiger partial charge >= 0.3 is 13.8 Å². The molecule has 75 heavy (non-hydrogen) atoms. The second-order valence-corrected chi connectivity index (χ2v) is 25.1. The Kier molecular flexibility index (Phi) is 54.7. The lowest BCUT2D eigenvalue weighted by Gasteiger charge is -2.27. The van der Waals surface area contributed by atoms with Crippen molar-refractivity contribution in [3.63, 3.8) is 0 Å². The molecule has 0 radical (unpaired) electrons. The molecule has 444 valence electrons. The molecule has 0 saturated carbocycles. The van der Waals surface area contributed by atoms with Crippen molar-refractivity contribution in [2.24, 2.45) is 0 Å². The van der Waals surface area contributed by atoms with E-state index < -0.39 is 20.0 Å². The Balaban J connectivity index is 5.11. The van der Waals surface area contributed by atoms with Gasteiger partial charge in [-0.25, -0.2) is 4.57 Å². The second-order valence-electron chi connectivity index (χ2n) is 23.6. The summed E-state index contributed by atoms with van der Waals surface area (Å²) in [5, 5.41) is 3.07. The van der Waals surface area contributed by atoms with Crippen LogP contribution in [0, 0.1) is 0 Å². The predicted octanol–water partition coefficient (Wildman–Crippen LogP) is 20.1. The first-order chi connectivity index (χ1) is 36.4. The van der Waals surface area contributed by atoms with E-state index in [2.05, 4.69) is 38.2 Å². The fraction of sp³-hybridized carbons (Fsp3) is 0.908. The van der Waals surface area contributed by atoms with Crippen LogP contribution in [0.2, 0.25) is 0 Å². The van der Waals surface area contributed by atoms with E-state index in [0.29, 0.717) is 23.9 Å². The van der Waals surface area contributed by atoms with Gasteiger partial charge in [0.15, 0.2) is 0 Å². The van der Waals surface area contributed by atoms with Crippen LogP contribution in [0.15, 0.2) is 24.3 Å². The molecular weight excluding hydrogens is 952 g/mol. The number of quaternary nitrogens is 1. The van der Waals surface area contributed by atoms with Crippen LogP contribution in [0.4, 0.5) is 0 Å². The Morgan fingerprint density at radius 3 is 1.13 bits per heavy atom. The molecular formula is C65H128N2O7P+. The van der Waals surface area contributed by atoms with Crippen molar-refractivity contribution in [3.8, 4) is 0 Å². The number of amides is 1. The van der Waals surface area contributed by atoms with E-state index >= 15 is 0 Å². The summed E-state index contributed by atoms with van der Waals surface area (Å²) in [5.74, 6) is -0.487. The molecule has 10 heteroatoms. The van der Waals surface area contributed by atoms with E-state index in [1.165, 1.54) is 238 Å². The number of rotatable bonds is 60. The van der Waals surface area contributed by atoms with Crippen LogP contribution >= 0.6 is 7.82 Å². The van der Waals surface area contributed by atoms with Crippen molar-refractivity contribution < 1.29 is 37.3 Å². The SMILES string of the molecule is CCCCCCCC/C=C/CCCCCCCCCCCCCCCC(=O)NC(COP(=O)(O)OCC[N+](C)(C)C)C(/C=C\CCCCCCCCCCCCC)OC(=O)CCCCCCCCCCCCCCC. The Labute approximate surface area is 466 Å². The Morgan fingerprint density at radius 2 is 0.773 bits per heavy atom. The minimum atomic E-state index is -4.44. The zero-order valence-electron chi connectivity index (χ0n) is 50.8. The van der Waals surface area contributed by atoms with Gasteiger partial charge in [0.05, 0.1) is 33.8 Å². The summed E-state index contributed by atoms with van der Waals surface area (Å²) in [6.45, 7) is 7.06. The summed E-state index contributed by atoms with van der Waals surface area (Å²) in [4.78, 5) is 37.7. The second kappa shape index (κ2) is 55.8. The van der Waals surface area contributed by atoms with Crippen LogP contribution in [0.5, 0.6) is 0 Å². The first-order valence-corrected chi connectivity index (χ1v) is 34.2. The zero-order valence-corrected chi connectivity index (χ0v) is 51.7. The third-order valence-corrected chi connectivity index (χ3v) is 15.9. The van der Waals surface area contributed by atoms with Gasteiger partial charge in [0.25, 0.3) is 0 Å². The van der Waals surface area contributed by atoms with Crippen LogP contribution < -0.4 is 5.32 Å². The first kappa shape index (κ1) is 73.5. The van der Waals surface area contributed by atoms with E-state index in [-0.39, 0.29) is 25.1 Å². The van der Waals surface area contributed by atoms with Gasteiger partial charge in [-0.15, -0.1) is 0 Å². The number of unbranched alkanes of at least 4 members (excludes halogenated alkanes) is 42. The monoisotopic (exact) mass is 1080 g/mol. The van der Waals surface area contributed by atoms with Crippen molar-refractivity contribution in [1.29, 1.82) is 0 Å². The van der Waals surface area contributed by atoms with Crippen LogP contribution in [0.3, 0.4) is 0 Å². The maximum absolute atomic E-state index is 13.6. The van der Waals surface area contributed by atoms with E-state index in [9.17, 15) is 19.0 Å². The highest BCUT2D eigenvalue weighted by Crippen LogP contribution is 2.43. The molecule has 0 heterocycles. The van der Waals surface area contributed by atoms with Gasteiger partial charge in [-0.05, 0) is 57.4 Å². The number of phosphoric acid groups is 1. The standard InChI is InChI=1S/C65H127N2O7P/c1-7-10-13-16-19-22-25-28-29-30-31-32-33-34-35-36-37-40-42-45-48-51-54-57-64(68)66-62(61-73-75(70,71)72-60-59-67(4,5)6)63(56-53-50-47-44-41-38-26-23-20-17-14-11-8-2)74-65(69)58-55-52-49-46-43-39-27-24-21-18-15-12-9-3/h28-29,53,56,62-63H,7-27,30-52,54-55,57-61H2,1-6H3,(H-,66,68,70,71)/p+1/b29-28+,56-53-. The summed E-state index contributed by atoms with van der Waals surface area (Å²) >= 11 is 0. The molecule has 0 rings (SSSR count). The maximum atomic E-state index is 13.6. The largest absolute Gasteiger partial charge is 0.472 e. The number of nitrogens with one attached hydrogen (secondary N) is 1. The predicted molar refractivity (Wildman–Crippen MR) is 323 cm³/mol. The maximum Gasteiger partial charge on any atom is 0.472 e. The number of phosphoric ester groups is 1. The molecule has 0 aromatic rings. The van der Waals surface area contributed by atoms with Gasteiger partial charge in [0.1, 0.15) is 19.3 Å². The summed E-state index contributed by atoms with van der Waals surface area (Å²) in [7, 11) is 1.51. The van der Waals surface area contributed by atoms with Crippen molar-refractivity contribution >= 4 is 19.7 Å². The van der Waals surface area contributed by atoms with E-state index in [1.54, 1.807) is 0 Å². The molecule has 9 nitrogen and oxygen atoms in total. The quantitative estimate of drug-likeness (QED) is 0.0205. The number of esters is 1. The molecule has 0 bridgehead atoms. The lowest BCUT2D eigenvalue weighted by molar-refractivity contribution is -0.870. The molecule has 1 amide bonds. The molecule has 0 aromatic carbocycles. The van der Waals surface area contributed by atoms with Gasteiger partial charge in [-0.1, -0.05) is 283 Å². The fourth-order valence-corrected chi connectivity index (χ4v) is 10.6. The number of carbonyl (C=O) groups excluding carboxylic acids is 2. The van der Waals surface area contributed by atoms with Gasteiger partial charge in [0, 0.05) is 12.8 Å². The number of hydrogen-bond donors (Lipinski definition) is 2. The lowest BCUT2D eigenvalue weighted by Crippen LogP contribution is -2.47. The average Bonchev–Trinajstić information content (AvgIpc) is 3.37. The fourth-order valence-electron chi connectivity index (χ4n) is 9.82. The number of allylic oxidation sites excluding steroid dienone is 3. The van der Waals surface area contributed by atoms with Gasteiger partial charge in [-0.3, -0.25) is 18.6 Å². The molecule has 0 aliphatic heterocycles. The van der Waals surface area contributed by atoms with Gasteiger partial charge in [0.2, 0.25) is 5.91 Å². The molecule has 3 unspecified atom stereocenters. The summed E-state index contributed by atoms with van der Waals surface area (Å²) in [6.07, 6.45) is 66.0. The summed E-state index contributed by atoms with van der Waals surface area (Å²) < 4.78 is 30.7. The smallest absolute Gasteiger partial charge is 0.456 e. The Bertz CT molecular complexity index is 1340. The highest BCUT2D eigenvalue weighted by molar-refractivity contribution is 7.47. The molecule has 0 fully saturated rings. The van der Waals surface area contributed by atoms with Crippen LogP contribution in [-0.4, -0.2) is 74.3 Å². The van der Waals surface area contributed by atoms with Crippen LogP contribution in [0.25, 0.3) is 0 Å². The van der Waals surface area contributed by atoms with Gasteiger partial charge in [-0.2, -0.15) is 0 Å². The first-order valence-electron chi connectivity index (χ1n) is 32.7. The van der Waals surface area contributed by atoms with E-state index in [4.69, 9.17) is 13.8 Å². The van der Waals surface area contributed by atoms with Crippen LogP contribution in [-0.2, 0) is 27.9 Å². The molecule has 0 spiro atoms. The minimum absolute atomic E-state index is 0.0442. The molecule has 2 N–H and O–H groups in total. The highest BCUT2D eigenvalue weighted by atomic mass is 31.2. The number of ether oxygens (including phenoxy) is 1. The molecule has 0 aromatic heterocycles. The third-order valence-electron chi connectivity index (χ3n) is 14.9. The number of hydrogen-bond acceptors (Lipinski definition) is 6. The zero-order chi connectivity index (χ0) is 55.0. The van der Waals surface area contributed by atoms with Crippen molar-refractivity contribution in [2.75, 3.05) is 40.9 Å². The summed E-state index contributed by atoms with van der Waals surface area (Å²) in [5.41, 5.74) is 0. The highest BCUT2D eigenvalue weighted by Gasteiger charge is 2.30. The summed E-state index contributed by atoms with van der Waals surface area (Å²) in [6, 6.07) is -0.842. The molecule has 0 saturated heterocycles. The number of likely N-dealkylation sites (N-methyl/N-ethyl adjacent to an activating group) is 1. The molecule has 3 atom stereocenters. The van der Waals surface area contributed by atoms with Crippen molar-refractivity contribution in [2.45, 2.75) is 341 Å². The van der Waals surface area contributed by atoms with Crippen molar-refractivity contribution in [3.05, 3.63) is 24.3 Å². The van der Waals surface area contributed by atoms with Gasteiger partial charge < -0.3 is 19.4 Å². The number of carbonyl (C=O) groups is 2. The number of nitrogens with zero attached hydrogens (tertiary/aromatic N) is 1.